The number of aliphatic imine (C=N–C) groups is 1. The summed E-state index contributed by atoms with van der Waals surface area (Å²) in [4.78, 5) is 16.1. The van der Waals surface area contributed by atoms with Gasteiger partial charge in [-0.05, 0) is 58.2 Å². The SMILES string of the molecule is CCNC(=NCC(=O)NC(C)(C)C)NCCCc1ccc(Cl)cc1.I. The van der Waals surface area contributed by atoms with Crippen LogP contribution in [-0.4, -0.2) is 37.0 Å². The quantitative estimate of drug-likeness (QED) is 0.243. The first kappa shape index (κ1) is 24.0. The fraction of sp³-hybridized carbons (Fsp3) is 0.556. The summed E-state index contributed by atoms with van der Waals surface area (Å²) in [6, 6.07) is 7.89. The molecule has 0 aromatic heterocycles. The Morgan fingerprint density at radius 1 is 1.16 bits per heavy atom. The molecule has 0 aliphatic carbocycles. The highest BCUT2D eigenvalue weighted by molar-refractivity contribution is 14.0. The molecule has 0 heterocycles. The lowest BCUT2D eigenvalue weighted by molar-refractivity contribution is -0.121. The van der Waals surface area contributed by atoms with Crippen molar-refractivity contribution in [2.24, 2.45) is 4.99 Å². The zero-order valence-electron chi connectivity index (χ0n) is 15.5. The monoisotopic (exact) mass is 480 g/mol. The smallest absolute Gasteiger partial charge is 0.242 e. The van der Waals surface area contributed by atoms with E-state index in [4.69, 9.17) is 11.6 Å². The lowest BCUT2D eigenvalue weighted by Crippen LogP contribution is -2.43. The minimum absolute atomic E-state index is 0. The van der Waals surface area contributed by atoms with E-state index in [9.17, 15) is 4.79 Å². The molecule has 0 bridgehead atoms. The van der Waals surface area contributed by atoms with Crippen molar-refractivity contribution in [3.8, 4) is 0 Å². The molecule has 1 rings (SSSR count). The molecule has 0 fully saturated rings. The van der Waals surface area contributed by atoms with Gasteiger partial charge in [0, 0.05) is 23.7 Å². The fourth-order valence-corrected chi connectivity index (χ4v) is 2.23. The summed E-state index contributed by atoms with van der Waals surface area (Å²) in [7, 11) is 0. The minimum Gasteiger partial charge on any atom is -0.357 e. The van der Waals surface area contributed by atoms with Crippen molar-refractivity contribution < 1.29 is 4.79 Å². The van der Waals surface area contributed by atoms with Gasteiger partial charge in [-0.15, -0.1) is 24.0 Å². The van der Waals surface area contributed by atoms with Crippen LogP contribution in [0.1, 0.15) is 39.7 Å². The van der Waals surface area contributed by atoms with Crippen LogP contribution >= 0.6 is 35.6 Å². The maximum atomic E-state index is 11.8. The second kappa shape index (κ2) is 12.4. The molecule has 1 aromatic carbocycles. The van der Waals surface area contributed by atoms with E-state index >= 15 is 0 Å². The molecule has 0 aliphatic heterocycles. The summed E-state index contributed by atoms with van der Waals surface area (Å²) in [6.07, 6.45) is 1.94. The molecule has 3 N–H and O–H groups in total. The number of halogens is 2. The van der Waals surface area contributed by atoms with Crippen LogP contribution in [0.4, 0.5) is 0 Å². The third-order valence-electron chi connectivity index (χ3n) is 3.09. The highest BCUT2D eigenvalue weighted by atomic mass is 127. The van der Waals surface area contributed by atoms with Gasteiger partial charge in [0.1, 0.15) is 6.54 Å². The third-order valence-corrected chi connectivity index (χ3v) is 3.34. The molecule has 0 atom stereocenters. The van der Waals surface area contributed by atoms with Crippen molar-refractivity contribution in [1.29, 1.82) is 0 Å². The third kappa shape index (κ3) is 12.0. The van der Waals surface area contributed by atoms with Gasteiger partial charge in [-0.25, -0.2) is 4.99 Å². The van der Waals surface area contributed by atoms with Gasteiger partial charge in [0.05, 0.1) is 0 Å². The van der Waals surface area contributed by atoms with Gasteiger partial charge in [-0.3, -0.25) is 4.79 Å². The normalized spacial score (nSPS) is 11.5. The van der Waals surface area contributed by atoms with Crippen LogP contribution in [0, 0.1) is 0 Å². The molecule has 25 heavy (non-hydrogen) atoms. The topological polar surface area (TPSA) is 65.5 Å². The van der Waals surface area contributed by atoms with Crippen molar-refractivity contribution >= 4 is 47.4 Å². The van der Waals surface area contributed by atoms with E-state index in [-0.39, 0.29) is 42.0 Å². The average molecular weight is 481 g/mol. The maximum absolute atomic E-state index is 11.8. The van der Waals surface area contributed by atoms with E-state index in [2.05, 4.69) is 20.9 Å². The molecule has 142 valence electrons. The van der Waals surface area contributed by atoms with E-state index in [1.807, 2.05) is 52.0 Å². The number of carbonyl (C=O) groups excluding carboxylic acids is 1. The Morgan fingerprint density at radius 3 is 2.36 bits per heavy atom. The van der Waals surface area contributed by atoms with Crippen LogP contribution in [0.3, 0.4) is 0 Å². The standard InChI is InChI=1S/C18H29ClN4O.HI/c1-5-20-17(22-13-16(24)23-18(2,3)4)21-12-6-7-14-8-10-15(19)11-9-14;/h8-11H,5-7,12-13H2,1-4H3,(H,23,24)(H2,20,21,22);1H. The molecule has 0 aliphatic rings. The van der Waals surface area contributed by atoms with Crippen LogP contribution < -0.4 is 16.0 Å². The summed E-state index contributed by atoms with van der Waals surface area (Å²) in [5.41, 5.74) is 1.02. The van der Waals surface area contributed by atoms with Gasteiger partial charge in [0.2, 0.25) is 5.91 Å². The number of hydrogen-bond donors (Lipinski definition) is 3. The largest absolute Gasteiger partial charge is 0.357 e. The Balaban J connectivity index is 0.00000576. The first-order chi connectivity index (χ1) is 11.3. The second-order valence-electron chi connectivity index (χ2n) is 6.65. The number of nitrogens with one attached hydrogen (secondary N) is 3. The Hall–Kier alpha value is -1.02. The van der Waals surface area contributed by atoms with Crippen molar-refractivity contribution in [1.82, 2.24) is 16.0 Å². The van der Waals surface area contributed by atoms with Gasteiger partial charge in [-0.1, -0.05) is 23.7 Å². The molecule has 5 nitrogen and oxygen atoms in total. The van der Waals surface area contributed by atoms with Gasteiger partial charge in [0.25, 0.3) is 0 Å². The van der Waals surface area contributed by atoms with Crippen molar-refractivity contribution in [3.63, 3.8) is 0 Å². The number of nitrogens with zero attached hydrogens (tertiary/aromatic N) is 1. The minimum atomic E-state index is -0.239. The van der Waals surface area contributed by atoms with E-state index in [0.717, 1.165) is 31.0 Å². The summed E-state index contributed by atoms with van der Waals surface area (Å²) in [5, 5.41) is 10.1. The lowest BCUT2D eigenvalue weighted by Gasteiger charge is -2.20. The molecule has 0 unspecified atom stereocenters. The van der Waals surface area contributed by atoms with E-state index in [0.29, 0.717) is 5.96 Å². The van der Waals surface area contributed by atoms with Gasteiger partial charge in [0.15, 0.2) is 5.96 Å². The predicted octanol–water partition coefficient (Wildman–Crippen LogP) is 3.36. The number of aryl methyl sites for hydroxylation is 1. The predicted molar refractivity (Wildman–Crippen MR) is 117 cm³/mol. The maximum Gasteiger partial charge on any atom is 0.242 e. The highest BCUT2D eigenvalue weighted by Crippen LogP contribution is 2.10. The fourth-order valence-electron chi connectivity index (χ4n) is 2.10. The van der Waals surface area contributed by atoms with E-state index in [1.54, 1.807) is 0 Å². The number of carbonyl (C=O) groups is 1. The molecule has 1 amide bonds. The van der Waals surface area contributed by atoms with E-state index in [1.165, 1.54) is 5.56 Å². The number of rotatable bonds is 7. The number of amides is 1. The average Bonchev–Trinajstić information content (AvgIpc) is 2.49. The summed E-state index contributed by atoms with van der Waals surface area (Å²) in [6.45, 7) is 9.52. The summed E-state index contributed by atoms with van der Waals surface area (Å²) in [5.74, 6) is 0.582. The lowest BCUT2D eigenvalue weighted by atomic mass is 10.1. The molecule has 0 radical (unpaired) electrons. The van der Waals surface area contributed by atoms with E-state index < -0.39 is 0 Å². The first-order valence-corrected chi connectivity index (χ1v) is 8.75. The first-order valence-electron chi connectivity index (χ1n) is 8.38. The number of benzene rings is 1. The van der Waals surface area contributed by atoms with Crippen LogP contribution in [0.25, 0.3) is 0 Å². The van der Waals surface area contributed by atoms with Crippen LogP contribution in [0.15, 0.2) is 29.3 Å². The molecule has 7 heteroatoms. The highest BCUT2D eigenvalue weighted by Gasteiger charge is 2.13. The number of hydrogen-bond acceptors (Lipinski definition) is 2. The Kier molecular flexibility index (Phi) is 11.8. The van der Waals surface area contributed by atoms with Crippen molar-refractivity contribution in [2.45, 2.75) is 46.1 Å². The molecule has 1 aromatic rings. The molecule has 0 saturated carbocycles. The zero-order valence-corrected chi connectivity index (χ0v) is 18.6. The van der Waals surface area contributed by atoms with Crippen LogP contribution in [0.2, 0.25) is 5.02 Å². The van der Waals surface area contributed by atoms with Gasteiger partial charge in [-0.2, -0.15) is 0 Å². The van der Waals surface area contributed by atoms with Gasteiger partial charge >= 0.3 is 0 Å². The Morgan fingerprint density at radius 2 is 1.80 bits per heavy atom. The van der Waals surface area contributed by atoms with Gasteiger partial charge < -0.3 is 16.0 Å². The zero-order chi connectivity index (χ0) is 18.0. The van der Waals surface area contributed by atoms with Crippen molar-refractivity contribution in [3.05, 3.63) is 34.9 Å². The van der Waals surface area contributed by atoms with Crippen LogP contribution in [-0.2, 0) is 11.2 Å². The Labute approximate surface area is 173 Å². The summed E-state index contributed by atoms with van der Waals surface area (Å²) < 4.78 is 0. The van der Waals surface area contributed by atoms with Crippen LogP contribution in [0.5, 0.6) is 0 Å². The van der Waals surface area contributed by atoms with Crippen molar-refractivity contribution in [2.75, 3.05) is 19.6 Å². The second-order valence-corrected chi connectivity index (χ2v) is 7.09. The molecule has 0 saturated heterocycles. The number of guanidine groups is 1. The summed E-state index contributed by atoms with van der Waals surface area (Å²) >= 11 is 5.88. The molecule has 0 spiro atoms. The molecular weight excluding hydrogens is 451 g/mol. The molecular formula is C18H30ClIN4O. The Bertz CT molecular complexity index is 541.